The van der Waals surface area contributed by atoms with Crippen molar-refractivity contribution in [3.05, 3.63) is 22.8 Å². The molecule has 1 amide bonds. The van der Waals surface area contributed by atoms with Gasteiger partial charge < -0.3 is 26.2 Å². The van der Waals surface area contributed by atoms with E-state index in [0.717, 1.165) is 17.8 Å². The number of fused-ring (bicyclic) bond motifs is 3. The Morgan fingerprint density at radius 1 is 1.13 bits per heavy atom. The van der Waals surface area contributed by atoms with Gasteiger partial charge in [0.05, 0.1) is 17.5 Å². The summed E-state index contributed by atoms with van der Waals surface area (Å²) in [5, 5.41) is 26.1. The van der Waals surface area contributed by atoms with E-state index in [1.807, 2.05) is 19.0 Å². The topological polar surface area (TPSA) is 170 Å². The van der Waals surface area contributed by atoms with E-state index in [4.69, 9.17) is 5.73 Å². The number of hydrogen-bond donors (Lipinski definition) is 4. The number of nitrogens with one attached hydrogen (secondary N) is 1. The highest BCUT2D eigenvalue weighted by Crippen LogP contribution is 2.52. The molecule has 0 heterocycles. The van der Waals surface area contributed by atoms with Gasteiger partial charge in [-0.05, 0) is 75.4 Å². The maximum absolute atomic E-state index is 13.9. The monoisotopic (exact) mass is 540 g/mol. The molecule has 0 saturated heterocycles. The third-order valence-corrected chi connectivity index (χ3v) is 9.01. The van der Waals surface area contributed by atoms with Crippen LogP contribution >= 0.6 is 0 Å². The first kappa shape index (κ1) is 27.4. The Labute approximate surface area is 226 Å². The number of primary amides is 1. The van der Waals surface area contributed by atoms with Gasteiger partial charge in [-0.1, -0.05) is 0 Å². The lowest BCUT2D eigenvalue weighted by atomic mass is 9.52. The number of aromatic hydroxyl groups is 1. The van der Waals surface area contributed by atoms with Gasteiger partial charge in [-0.2, -0.15) is 0 Å². The summed E-state index contributed by atoms with van der Waals surface area (Å²) >= 11 is 0. The van der Waals surface area contributed by atoms with Crippen molar-refractivity contribution in [2.24, 2.45) is 35.3 Å². The Bertz CT molecular complexity index is 1290. The number of nitrogens with two attached hydrogens (primary N) is 1. The summed E-state index contributed by atoms with van der Waals surface area (Å²) in [5.74, 6) is -9.68. The number of nitrogens with zero attached hydrogens (tertiary/aromatic N) is 2. The minimum atomic E-state index is -2.72. The smallest absolute Gasteiger partial charge is 0.235 e. The summed E-state index contributed by atoms with van der Waals surface area (Å²) in [4.78, 5) is 69.9. The quantitative estimate of drug-likeness (QED) is 0.329. The predicted octanol–water partition coefficient (Wildman–Crippen LogP) is -0.567. The number of Topliss-reactive ketones (excluding diaryl/α,β-unsaturated/α-hetero) is 4. The van der Waals surface area contributed by atoms with E-state index in [1.165, 1.54) is 23.8 Å². The predicted molar refractivity (Wildman–Crippen MR) is 140 cm³/mol. The van der Waals surface area contributed by atoms with Gasteiger partial charge in [0.1, 0.15) is 5.75 Å². The fraction of sp³-hybridized carbons (Fsp3) is 0.607. The van der Waals surface area contributed by atoms with Crippen molar-refractivity contribution in [3.63, 3.8) is 0 Å². The molecule has 1 aromatic carbocycles. The molecule has 6 atom stereocenters. The number of aliphatic hydroxyl groups is 1. The molecule has 0 aromatic heterocycles. The first-order valence-electron chi connectivity index (χ1n) is 13.4. The van der Waals surface area contributed by atoms with Crippen molar-refractivity contribution in [1.29, 1.82) is 0 Å². The second-order valence-corrected chi connectivity index (χ2v) is 12.0. The Morgan fingerprint density at radius 2 is 1.79 bits per heavy atom. The maximum Gasteiger partial charge on any atom is 0.235 e. The van der Waals surface area contributed by atoms with Gasteiger partial charge >= 0.3 is 0 Å². The van der Waals surface area contributed by atoms with Crippen LogP contribution in [0, 0.1) is 29.6 Å². The van der Waals surface area contributed by atoms with Gasteiger partial charge in [0.2, 0.25) is 5.91 Å². The number of benzene rings is 1. The highest BCUT2D eigenvalue weighted by molar-refractivity contribution is 6.32. The summed E-state index contributed by atoms with van der Waals surface area (Å²) in [6.45, 7) is 1.36. The van der Waals surface area contributed by atoms with E-state index in [-0.39, 0.29) is 24.2 Å². The second kappa shape index (κ2) is 9.50. The Balaban J connectivity index is 1.59. The van der Waals surface area contributed by atoms with Crippen LogP contribution in [0.3, 0.4) is 0 Å². The molecule has 210 valence electrons. The van der Waals surface area contributed by atoms with Crippen LogP contribution < -0.4 is 16.0 Å². The van der Waals surface area contributed by atoms with Crippen molar-refractivity contribution in [2.45, 2.75) is 43.9 Å². The molecule has 0 bridgehead atoms. The zero-order valence-corrected chi connectivity index (χ0v) is 22.7. The molecule has 0 aliphatic heterocycles. The van der Waals surface area contributed by atoms with Crippen molar-refractivity contribution in [3.8, 4) is 5.75 Å². The molecule has 11 heteroatoms. The van der Waals surface area contributed by atoms with Gasteiger partial charge in [-0.3, -0.25) is 28.9 Å². The molecule has 4 aliphatic rings. The summed E-state index contributed by atoms with van der Waals surface area (Å²) in [6, 6.07) is 0.415. The van der Waals surface area contributed by atoms with E-state index < -0.39 is 64.4 Å². The fourth-order valence-electron chi connectivity index (χ4n) is 7.15. The summed E-state index contributed by atoms with van der Waals surface area (Å²) in [5.41, 5.74) is 4.86. The number of likely N-dealkylation sites (N-methyl/N-ethyl adjacent to an activating group) is 1. The zero-order chi connectivity index (χ0) is 28.5. The summed E-state index contributed by atoms with van der Waals surface area (Å²) in [6.07, 6.45) is 2.66. The average Bonchev–Trinajstić information content (AvgIpc) is 3.65. The highest BCUT2D eigenvalue weighted by Gasteiger charge is 2.69. The number of rotatable bonds is 7. The van der Waals surface area contributed by atoms with Crippen molar-refractivity contribution >= 4 is 34.7 Å². The molecule has 0 spiro atoms. The van der Waals surface area contributed by atoms with Gasteiger partial charge in [-0.15, -0.1) is 0 Å². The third-order valence-electron chi connectivity index (χ3n) is 9.01. The van der Waals surface area contributed by atoms with E-state index in [1.54, 1.807) is 14.1 Å². The molecular weight excluding hydrogens is 504 g/mol. The van der Waals surface area contributed by atoms with Gasteiger partial charge in [0.15, 0.2) is 34.7 Å². The van der Waals surface area contributed by atoms with Crippen LogP contribution in [0.25, 0.3) is 0 Å². The normalized spacial score (nSPS) is 32.1. The largest absolute Gasteiger partial charge is 0.507 e. The van der Waals surface area contributed by atoms with Crippen LogP contribution in [0.2, 0.25) is 0 Å². The SMILES string of the molecule is CN(C)c1c(CNCC2CC2)cc(O)c2c1C[C@H]1C[C@H]3[C@H](N(C)C)C(=O)C(C(N)=O)C(=O)[C@@]3(O)C(=O)C1C2=O. The standard InChI is InChI=1S/C28H36N4O7/c1-31(2)21-14(11-30-10-12-5-6-12)9-17(33)19-15(21)7-13-8-16-22(32(3)4)24(35)20(27(29)38)26(37)28(16,39)25(36)18(13)23(19)34/h9,12-13,16,18,20,22,30,33,39H,5-8,10-11H2,1-4H3,(H2,29,38)/t13-,16-,18?,20?,22-,28-/m0/s1. The van der Waals surface area contributed by atoms with Crippen LogP contribution in [0.15, 0.2) is 6.07 Å². The molecule has 0 radical (unpaired) electrons. The van der Waals surface area contributed by atoms with Crippen LogP contribution in [0.1, 0.15) is 40.7 Å². The highest BCUT2D eigenvalue weighted by atomic mass is 16.3. The molecule has 5 N–H and O–H groups in total. The van der Waals surface area contributed by atoms with Crippen LogP contribution in [0.4, 0.5) is 5.69 Å². The molecule has 4 aliphatic carbocycles. The van der Waals surface area contributed by atoms with Crippen molar-refractivity contribution in [1.82, 2.24) is 10.2 Å². The number of phenolic OH excluding ortho intramolecular Hbond substituents is 1. The average molecular weight is 541 g/mol. The van der Waals surface area contributed by atoms with Crippen LogP contribution in [0.5, 0.6) is 5.75 Å². The molecule has 5 rings (SSSR count). The number of anilines is 1. The molecule has 3 saturated carbocycles. The molecule has 2 unspecified atom stereocenters. The zero-order valence-electron chi connectivity index (χ0n) is 22.7. The summed E-state index contributed by atoms with van der Waals surface area (Å²) in [7, 11) is 6.83. The number of hydrogen-bond acceptors (Lipinski definition) is 10. The number of carbonyl (C=O) groups is 5. The first-order valence-corrected chi connectivity index (χ1v) is 13.4. The fourth-order valence-corrected chi connectivity index (χ4v) is 7.15. The lowest BCUT2D eigenvalue weighted by Crippen LogP contribution is -2.74. The second-order valence-electron chi connectivity index (χ2n) is 12.0. The van der Waals surface area contributed by atoms with Crippen LogP contribution in [-0.2, 0) is 32.1 Å². The molecule has 3 fully saturated rings. The van der Waals surface area contributed by atoms with Gasteiger partial charge in [-0.25, -0.2) is 0 Å². The van der Waals surface area contributed by atoms with E-state index >= 15 is 0 Å². The van der Waals surface area contributed by atoms with Gasteiger partial charge in [0, 0.05) is 32.2 Å². The number of phenols is 1. The number of amides is 1. The third kappa shape index (κ3) is 4.09. The molecule has 11 nitrogen and oxygen atoms in total. The van der Waals surface area contributed by atoms with Gasteiger partial charge in [0.25, 0.3) is 0 Å². The lowest BCUT2D eigenvalue weighted by Gasteiger charge is -2.52. The Kier molecular flexibility index (Phi) is 6.68. The summed E-state index contributed by atoms with van der Waals surface area (Å²) < 4.78 is 0. The lowest BCUT2D eigenvalue weighted by molar-refractivity contribution is -0.181. The molecule has 1 aromatic rings. The van der Waals surface area contributed by atoms with Crippen LogP contribution in [-0.4, -0.2) is 90.5 Å². The Hall–Kier alpha value is -3.15. The van der Waals surface area contributed by atoms with E-state index in [9.17, 15) is 34.2 Å². The minimum absolute atomic E-state index is 0.0104. The van der Waals surface area contributed by atoms with Crippen molar-refractivity contribution in [2.75, 3.05) is 39.6 Å². The first-order chi connectivity index (χ1) is 18.3. The van der Waals surface area contributed by atoms with E-state index in [2.05, 4.69) is 5.32 Å². The number of ketones is 4. The maximum atomic E-state index is 13.9. The molecular formula is C28H36N4O7. The minimum Gasteiger partial charge on any atom is -0.507 e. The number of carbonyl (C=O) groups excluding carboxylic acids is 5. The Morgan fingerprint density at radius 3 is 2.36 bits per heavy atom. The van der Waals surface area contributed by atoms with E-state index in [0.29, 0.717) is 18.0 Å². The molecule has 39 heavy (non-hydrogen) atoms. The van der Waals surface area contributed by atoms with Crippen molar-refractivity contribution < 1.29 is 34.2 Å².